The summed E-state index contributed by atoms with van der Waals surface area (Å²) in [5.41, 5.74) is -0.0618. The molecule has 0 aromatic heterocycles. The van der Waals surface area contributed by atoms with Gasteiger partial charge in [-0.1, -0.05) is 83.3 Å². The average molecular weight is 530 g/mol. The highest BCUT2D eigenvalue weighted by Gasteiger charge is 2.69. The third-order valence-corrected chi connectivity index (χ3v) is 7.87. The molecule has 35 heavy (non-hydrogen) atoms. The van der Waals surface area contributed by atoms with Crippen LogP contribution in [0.5, 0.6) is 0 Å². The molecule has 0 saturated carbocycles. The molecule has 178 valence electrons. The minimum Gasteiger partial charge on any atom is -0.480 e. The Bertz CT molecular complexity index is 1380. The smallest absolute Gasteiger partial charge is 0.329 e. The molecular formula is C26H19Cl3N2O4. The van der Waals surface area contributed by atoms with E-state index in [0.29, 0.717) is 22.4 Å². The van der Waals surface area contributed by atoms with Crippen LogP contribution in [0.1, 0.15) is 22.7 Å². The molecule has 0 spiro atoms. The maximum Gasteiger partial charge on any atom is 0.329 e. The van der Waals surface area contributed by atoms with Crippen LogP contribution < -0.4 is 10.2 Å². The van der Waals surface area contributed by atoms with Crippen molar-refractivity contribution in [3.05, 3.63) is 98.5 Å². The van der Waals surface area contributed by atoms with Crippen molar-refractivity contribution in [2.24, 2.45) is 11.8 Å². The molecule has 3 aromatic rings. The van der Waals surface area contributed by atoms with Gasteiger partial charge in [0.15, 0.2) is 5.54 Å². The monoisotopic (exact) mass is 528 g/mol. The number of rotatable bonds is 4. The minimum atomic E-state index is -1.89. The number of aryl methyl sites for hydroxylation is 1. The first-order valence-electron chi connectivity index (χ1n) is 10.8. The molecule has 2 saturated heterocycles. The zero-order valence-corrected chi connectivity index (χ0v) is 20.6. The molecule has 2 fully saturated rings. The number of hydrogen-bond donors (Lipinski definition) is 2. The van der Waals surface area contributed by atoms with Gasteiger partial charge in [-0.15, -0.1) is 0 Å². The topological polar surface area (TPSA) is 86.7 Å². The normalized spacial score (nSPS) is 25.7. The Balaban J connectivity index is 1.77. The van der Waals surface area contributed by atoms with Gasteiger partial charge >= 0.3 is 5.97 Å². The van der Waals surface area contributed by atoms with E-state index in [0.717, 1.165) is 4.90 Å². The lowest BCUT2D eigenvalue weighted by molar-refractivity contribution is -0.149. The van der Waals surface area contributed by atoms with E-state index in [1.807, 2.05) is 0 Å². The van der Waals surface area contributed by atoms with Crippen molar-refractivity contribution in [3.63, 3.8) is 0 Å². The van der Waals surface area contributed by atoms with Crippen LogP contribution in [0.15, 0.2) is 66.7 Å². The molecule has 0 aliphatic carbocycles. The summed E-state index contributed by atoms with van der Waals surface area (Å²) in [6.45, 7) is 1.79. The van der Waals surface area contributed by atoms with Crippen LogP contribution in [-0.4, -0.2) is 22.9 Å². The molecule has 2 aliphatic rings. The van der Waals surface area contributed by atoms with E-state index in [9.17, 15) is 19.5 Å². The number of carboxylic acid groups (broad SMARTS) is 1. The molecular weight excluding hydrogens is 511 g/mol. The van der Waals surface area contributed by atoms with Gasteiger partial charge in [0.05, 0.1) is 27.6 Å². The summed E-state index contributed by atoms with van der Waals surface area (Å²) >= 11 is 19.1. The van der Waals surface area contributed by atoms with Gasteiger partial charge in [0.25, 0.3) is 0 Å². The van der Waals surface area contributed by atoms with Gasteiger partial charge in [-0.2, -0.15) is 0 Å². The van der Waals surface area contributed by atoms with Crippen molar-refractivity contribution in [3.8, 4) is 0 Å². The molecule has 4 unspecified atom stereocenters. The van der Waals surface area contributed by atoms with Crippen molar-refractivity contribution < 1.29 is 19.5 Å². The van der Waals surface area contributed by atoms with Crippen LogP contribution >= 0.6 is 34.8 Å². The van der Waals surface area contributed by atoms with Crippen LogP contribution in [0.3, 0.4) is 0 Å². The first kappa shape index (κ1) is 23.8. The van der Waals surface area contributed by atoms with Gasteiger partial charge in [-0.3, -0.25) is 14.9 Å². The number of carboxylic acids is 1. The van der Waals surface area contributed by atoms with Gasteiger partial charge in [0, 0.05) is 11.1 Å². The second-order valence-electron chi connectivity index (χ2n) is 8.69. The van der Waals surface area contributed by atoms with Gasteiger partial charge in [0.1, 0.15) is 0 Å². The number of nitrogens with one attached hydrogen (secondary N) is 1. The number of aliphatic carboxylic acids is 1. The van der Waals surface area contributed by atoms with E-state index >= 15 is 0 Å². The van der Waals surface area contributed by atoms with Gasteiger partial charge in [0.2, 0.25) is 11.8 Å². The fourth-order valence-electron chi connectivity index (χ4n) is 5.31. The average Bonchev–Trinajstić information content (AvgIpc) is 3.32. The van der Waals surface area contributed by atoms with Crippen LogP contribution in [0.2, 0.25) is 15.1 Å². The maximum absolute atomic E-state index is 14.0. The van der Waals surface area contributed by atoms with Crippen LogP contribution in [0.25, 0.3) is 0 Å². The Labute approximate surface area is 216 Å². The molecule has 3 aromatic carbocycles. The number of nitrogens with zero attached hydrogens (tertiary/aromatic N) is 1. The maximum atomic E-state index is 14.0. The number of carbonyl (C=O) groups excluding carboxylic acids is 2. The van der Waals surface area contributed by atoms with Crippen LogP contribution in [-0.2, 0) is 19.9 Å². The van der Waals surface area contributed by atoms with Crippen molar-refractivity contribution in [2.45, 2.75) is 18.5 Å². The Hall–Kier alpha value is -2.90. The minimum absolute atomic E-state index is 0.135. The van der Waals surface area contributed by atoms with Crippen molar-refractivity contribution >= 4 is 58.3 Å². The molecule has 2 aliphatic heterocycles. The number of benzene rings is 3. The third-order valence-electron chi connectivity index (χ3n) is 6.84. The molecule has 2 amide bonds. The summed E-state index contributed by atoms with van der Waals surface area (Å²) in [5, 5.41) is 14.3. The number of carbonyl (C=O) groups is 3. The summed E-state index contributed by atoms with van der Waals surface area (Å²) in [6.07, 6.45) is 0. The van der Waals surface area contributed by atoms with E-state index in [2.05, 4.69) is 5.32 Å². The molecule has 6 nitrogen and oxygen atoms in total. The summed E-state index contributed by atoms with van der Waals surface area (Å²) in [6, 6.07) is 17.4. The van der Waals surface area contributed by atoms with Crippen molar-refractivity contribution in [2.75, 3.05) is 4.90 Å². The van der Waals surface area contributed by atoms with Gasteiger partial charge in [-0.25, -0.2) is 9.69 Å². The van der Waals surface area contributed by atoms with Crippen molar-refractivity contribution in [1.82, 2.24) is 5.32 Å². The fourth-order valence-corrected chi connectivity index (χ4v) is 6.05. The lowest BCUT2D eigenvalue weighted by Gasteiger charge is -2.32. The van der Waals surface area contributed by atoms with Gasteiger partial charge in [-0.05, 0) is 41.8 Å². The summed E-state index contributed by atoms with van der Waals surface area (Å²) in [5.74, 6) is -4.70. The first-order valence-corrected chi connectivity index (χ1v) is 12.0. The molecule has 5 rings (SSSR count). The van der Waals surface area contributed by atoms with Crippen LogP contribution in [0.4, 0.5) is 5.69 Å². The molecule has 2 heterocycles. The predicted octanol–water partition coefficient (Wildman–Crippen LogP) is 5.39. The number of hydrogen-bond acceptors (Lipinski definition) is 4. The lowest BCUT2D eigenvalue weighted by Crippen LogP contribution is -2.53. The molecule has 2 N–H and O–H groups in total. The second kappa shape index (κ2) is 8.64. The zero-order valence-electron chi connectivity index (χ0n) is 18.3. The summed E-state index contributed by atoms with van der Waals surface area (Å²) in [4.78, 5) is 42.0. The zero-order chi connectivity index (χ0) is 25.1. The number of para-hydroxylation sites is 1. The predicted molar refractivity (Wildman–Crippen MR) is 134 cm³/mol. The number of imide groups is 1. The molecule has 0 radical (unpaired) electrons. The Morgan fingerprint density at radius 1 is 0.971 bits per heavy atom. The highest BCUT2D eigenvalue weighted by molar-refractivity contribution is 6.43. The lowest BCUT2D eigenvalue weighted by atomic mass is 9.75. The SMILES string of the molecule is Cc1ccccc1N1C(=O)C2C(c3cc(Cl)cc(Cl)c3Cl)NC(C(=O)O)(c3ccccc3)C2C1=O. The summed E-state index contributed by atoms with van der Waals surface area (Å²) in [7, 11) is 0. The van der Waals surface area contributed by atoms with Crippen LogP contribution in [0, 0.1) is 18.8 Å². The van der Waals surface area contributed by atoms with E-state index in [1.165, 1.54) is 6.07 Å². The molecule has 9 heteroatoms. The number of halogens is 3. The molecule has 0 bridgehead atoms. The fraction of sp³-hybridized carbons (Fsp3) is 0.192. The third kappa shape index (κ3) is 3.47. The quantitative estimate of drug-likeness (QED) is 0.350. The Kier molecular flexibility index (Phi) is 5.88. The Morgan fingerprint density at radius 2 is 1.63 bits per heavy atom. The summed E-state index contributed by atoms with van der Waals surface area (Å²) < 4.78 is 0. The standard InChI is InChI=1S/C26H19Cl3N2O4/c1-13-7-5-6-10-18(13)31-23(32)19-20(24(31)33)26(25(34)35,14-8-3-2-4-9-14)30-22(19)16-11-15(27)12-17(28)21(16)29/h2-12,19-20,22,30H,1H3,(H,34,35). The molecule has 4 atom stereocenters. The Morgan fingerprint density at radius 3 is 2.29 bits per heavy atom. The van der Waals surface area contributed by atoms with E-state index < -0.39 is 41.2 Å². The van der Waals surface area contributed by atoms with Gasteiger partial charge < -0.3 is 5.11 Å². The van der Waals surface area contributed by atoms with E-state index in [-0.39, 0.29) is 15.1 Å². The number of amides is 2. The van der Waals surface area contributed by atoms with E-state index in [4.69, 9.17) is 34.8 Å². The highest BCUT2D eigenvalue weighted by Crippen LogP contribution is 2.55. The highest BCUT2D eigenvalue weighted by atomic mass is 35.5. The van der Waals surface area contributed by atoms with E-state index in [1.54, 1.807) is 67.6 Å². The van der Waals surface area contributed by atoms with Crippen molar-refractivity contribution in [1.29, 1.82) is 0 Å². The largest absolute Gasteiger partial charge is 0.480 e. The number of anilines is 1. The second-order valence-corrected chi connectivity index (χ2v) is 9.92. The first-order chi connectivity index (χ1) is 16.7. The number of fused-ring (bicyclic) bond motifs is 1.